The largest absolute Gasteiger partial charge is 0.431 e. The standard InChI is InChI=1S/C46H49N17O10S/c47-24-44(25-48,28-55-62-52)72-42(68)58-35(20-21-54-41(67)71-34-18-16-30(17-19-34)22-36(40(66)61-70)59-43(69)73-45(26-49,27-50)29-56-63-53)38(64)57-37(39(65)60-51)23-74-46(31-10-4-1-5-11-31,32-12-6-2-7-13-32)33-14-8-3-9-15-33/h1-19,24-27,35-37,47-50H,20-23,28-29,51H2,(H,54,67)(H,57,64)(H,58,68)(H,59,69)(H,60,65)/t35?,36-,37-,44?,45?/m0/s1. The number of carbonyl (C=O) groups excluding carboxylic acids is 6. The number of nitrogens with two attached hydrogens (primary N) is 1. The van der Waals surface area contributed by atoms with Gasteiger partial charge in [0.05, 0.1) is 17.8 Å². The molecule has 0 radical (unpaired) electrons. The molecule has 0 bridgehead atoms. The molecule has 4 aromatic rings. The van der Waals surface area contributed by atoms with Gasteiger partial charge in [0, 0.05) is 58.6 Å². The number of hydrogen-bond donors (Lipinski definition) is 10. The van der Waals surface area contributed by atoms with Crippen molar-refractivity contribution in [2.24, 2.45) is 21.2 Å². The average Bonchev–Trinajstić information content (AvgIpc) is 3.43. The molecule has 6 amide bonds. The maximum Gasteiger partial charge on any atom is 0.412 e. The van der Waals surface area contributed by atoms with Gasteiger partial charge in [0.25, 0.3) is 5.91 Å². The number of nitroso groups, excluding NO2 is 1. The lowest BCUT2D eigenvalue weighted by atomic mass is 9.84. The number of hydrazine groups is 1. The Bertz CT molecular complexity index is 2630. The van der Waals surface area contributed by atoms with E-state index in [-0.39, 0.29) is 30.9 Å². The summed E-state index contributed by atoms with van der Waals surface area (Å²) in [4.78, 5) is 95.3. The lowest BCUT2D eigenvalue weighted by molar-refractivity contribution is -0.129. The number of carbonyl (C=O) groups is 6. The molecule has 0 aromatic heterocycles. The Kier molecular flexibility index (Phi) is 21.9. The monoisotopic (exact) mass is 1030 g/mol. The molecule has 0 saturated carbocycles. The van der Waals surface area contributed by atoms with Crippen LogP contribution >= 0.6 is 11.8 Å². The molecule has 0 fully saturated rings. The van der Waals surface area contributed by atoms with Crippen LogP contribution in [0, 0.1) is 26.5 Å². The van der Waals surface area contributed by atoms with Gasteiger partial charge in [0.2, 0.25) is 5.91 Å². The molecule has 4 rings (SSSR count). The Balaban J connectivity index is 1.53. The van der Waals surface area contributed by atoms with Crippen molar-refractivity contribution >= 4 is 72.6 Å². The van der Waals surface area contributed by atoms with Gasteiger partial charge in [-0.3, -0.25) is 19.8 Å². The van der Waals surface area contributed by atoms with E-state index in [0.717, 1.165) is 16.7 Å². The number of nitrogens with zero attached hydrogens (tertiary/aromatic N) is 7. The minimum absolute atomic E-state index is 0.0498. The van der Waals surface area contributed by atoms with Gasteiger partial charge in [-0.15, -0.1) is 16.7 Å². The van der Waals surface area contributed by atoms with Crippen LogP contribution in [-0.4, -0.2) is 116 Å². The molecule has 0 heterocycles. The van der Waals surface area contributed by atoms with Crippen LogP contribution in [0.4, 0.5) is 14.4 Å². The Morgan fingerprint density at radius 2 is 1.09 bits per heavy atom. The second-order valence-corrected chi connectivity index (χ2v) is 16.7. The number of thioether (sulfide) groups is 1. The van der Waals surface area contributed by atoms with Crippen LogP contribution in [0.25, 0.3) is 20.9 Å². The highest BCUT2D eigenvalue weighted by molar-refractivity contribution is 8.00. The zero-order valence-corrected chi connectivity index (χ0v) is 39.8. The fourth-order valence-electron chi connectivity index (χ4n) is 6.88. The highest BCUT2D eigenvalue weighted by Gasteiger charge is 2.40. The minimum Gasteiger partial charge on any atom is -0.431 e. The number of ether oxygens (including phenoxy) is 3. The van der Waals surface area contributed by atoms with E-state index in [4.69, 9.17) is 52.8 Å². The van der Waals surface area contributed by atoms with Gasteiger partial charge < -0.3 is 57.1 Å². The van der Waals surface area contributed by atoms with Gasteiger partial charge in [-0.1, -0.05) is 113 Å². The fraction of sp³-hybridized carbons (Fsp3) is 0.261. The molecule has 0 aliphatic carbocycles. The van der Waals surface area contributed by atoms with Crippen molar-refractivity contribution in [3.63, 3.8) is 0 Å². The Morgan fingerprint density at radius 1 is 0.635 bits per heavy atom. The lowest BCUT2D eigenvalue weighted by Gasteiger charge is -2.36. The van der Waals surface area contributed by atoms with E-state index in [0.29, 0.717) is 30.4 Å². The number of nitrogens with one attached hydrogen (secondary N) is 9. The zero-order valence-electron chi connectivity index (χ0n) is 39.0. The number of hydrogen-bond acceptors (Lipinski definition) is 18. The van der Waals surface area contributed by atoms with Gasteiger partial charge in [-0.05, 0) is 51.9 Å². The number of alkyl carbamates (subject to hydrolysis) is 2. The van der Waals surface area contributed by atoms with Gasteiger partial charge >= 0.3 is 24.2 Å². The van der Waals surface area contributed by atoms with E-state index in [1.165, 1.54) is 36.0 Å². The summed E-state index contributed by atoms with van der Waals surface area (Å²) in [6.45, 7) is -1.71. The van der Waals surface area contributed by atoms with Crippen LogP contribution in [0.5, 0.6) is 5.75 Å². The van der Waals surface area contributed by atoms with E-state index in [1.54, 1.807) is 0 Å². The van der Waals surface area contributed by atoms with Crippen LogP contribution in [0.15, 0.2) is 131 Å². The third-order valence-corrected chi connectivity index (χ3v) is 12.3. The molecule has 0 aliphatic heterocycles. The fourth-order valence-corrected chi connectivity index (χ4v) is 8.44. The van der Waals surface area contributed by atoms with E-state index in [2.05, 4.69) is 51.9 Å². The average molecular weight is 1030 g/mol. The summed E-state index contributed by atoms with van der Waals surface area (Å²) in [6.07, 6.45) is -2.34. The third-order valence-electron chi connectivity index (χ3n) is 10.7. The Hall–Kier alpha value is -9.49. The summed E-state index contributed by atoms with van der Waals surface area (Å²) in [5.41, 5.74) is 18.2. The van der Waals surface area contributed by atoms with Crippen molar-refractivity contribution < 1.29 is 43.0 Å². The van der Waals surface area contributed by atoms with Gasteiger partial charge in [-0.2, -0.15) is 0 Å². The van der Waals surface area contributed by atoms with Crippen LogP contribution < -0.4 is 37.3 Å². The Morgan fingerprint density at radius 3 is 1.51 bits per heavy atom. The third kappa shape index (κ3) is 15.8. The Labute approximate surface area is 425 Å². The van der Waals surface area contributed by atoms with E-state index >= 15 is 0 Å². The van der Waals surface area contributed by atoms with Crippen molar-refractivity contribution in [1.29, 1.82) is 21.6 Å². The number of amides is 6. The second-order valence-electron chi connectivity index (χ2n) is 15.5. The van der Waals surface area contributed by atoms with Gasteiger partial charge in [0.1, 0.15) is 23.9 Å². The van der Waals surface area contributed by atoms with E-state index in [9.17, 15) is 33.7 Å². The maximum absolute atomic E-state index is 14.2. The predicted octanol–water partition coefficient (Wildman–Crippen LogP) is 5.09. The molecule has 3 atom stereocenters. The van der Waals surface area contributed by atoms with Gasteiger partial charge in [-0.25, -0.2) is 20.2 Å². The van der Waals surface area contributed by atoms with Gasteiger partial charge in [0.15, 0.2) is 11.2 Å². The van der Waals surface area contributed by atoms with Crippen LogP contribution in [0.3, 0.4) is 0 Å². The molecule has 0 spiro atoms. The molecule has 11 N–H and O–H groups in total. The highest BCUT2D eigenvalue weighted by Crippen LogP contribution is 2.48. The van der Waals surface area contributed by atoms with Crippen LogP contribution in [0.2, 0.25) is 0 Å². The SMILES string of the molecule is [N-]=[N+]=NCC(C=N)(C=N)OC(=O)NC(CCNC(=O)Oc1ccc(C[C@H](NC(=O)OC(C=N)(C=N)CN=[N+]=[N-])C(=O)N=O)cc1)C(=O)N[C@@H](CSC(c1ccccc1)(c1ccccc1)c1ccccc1)C(=O)NN. The molecule has 4 aromatic carbocycles. The summed E-state index contributed by atoms with van der Waals surface area (Å²) in [6, 6.07) is 29.3. The maximum atomic E-state index is 14.2. The van der Waals surface area contributed by atoms with Crippen molar-refractivity contribution in [3.8, 4) is 5.75 Å². The summed E-state index contributed by atoms with van der Waals surface area (Å²) in [7, 11) is 0. The molecule has 27 nitrogen and oxygen atoms in total. The molecule has 74 heavy (non-hydrogen) atoms. The topological polar surface area (TPSA) is 439 Å². The first kappa shape index (κ1) is 57.1. The quantitative estimate of drug-likeness (QED) is 0.00409. The molecule has 384 valence electrons. The first-order valence-corrected chi connectivity index (χ1v) is 22.8. The summed E-state index contributed by atoms with van der Waals surface area (Å²) < 4.78 is 14.7. The number of rotatable bonds is 28. The van der Waals surface area contributed by atoms with E-state index in [1.807, 2.05) is 91.0 Å². The lowest BCUT2D eigenvalue weighted by Crippen LogP contribution is -2.57. The predicted molar refractivity (Wildman–Crippen MR) is 271 cm³/mol. The normalized spacial score (nSPS) is 13.4. The van der Waals surface area contributed by atoms with Crippen molar-refractivity contribution in [1.82, 2.24) is 26.7 Å². The van der Waals surface area contributed by atoms with Crippen molar-refractivity contribution in [3.05, 3.63) is 163 Å². The van der Waals surface area contributed by atoms with Crippen LogP contribution in [0.1, 0.15) is 28.7 Å². The van der Waals surface area contributed by atoms with Crippen molar-refractivity contribution in [2.75, 3.05) is 25.4 Å². The number of benzene rings is 4. The molecule has 0 saturated heterocycles. The highest BCUT2D eigenvalue weighted by atomic mass is 32.2. The second kappa shape index (κ2) is 28.4. The van der Waals surface area contributed by atoms with Crippen LogP contribution in [-0.2, 0) is 35.0 Å². The van der Waals surface area contributed by atoms with Crippen molar-refractivity contribution in [2.45, 2.75) is 46.9 Å². The molecule has 0 aliphatic rings. The molecule has 1 unspecified atom stereocenters. The smallest absolute Gasteiger partial charge is 0.412 e. The number of azide groups is 2. The summed E-state index contributed by atoms with van der Waals surface area (Å²) in [5.74, 6) is 2.41. The minimum atomic E-state index is -2.14. The summed E-state index contributed by atoms with van der Waals surface area (Å²) >= 11 is 1.32. The molecule has 28 heteroatoms. The first-order chi connectivity index (χ1) is 35.7. The van der Waals surface area contributed by atoms with E-state index < -0.39 is 83.2 Å². The zero-order chi connectivity index (χ0) is 54.0. The first-order valence-electron chi connectivity index (χ1n) is 21.8. The molecular weight excluding hydrogens is 983 g/mol. The molecular formula is C46H49N17O10S. The summed E-state index contributed by atoms with van der Waals surface area (Å²) in [5, 5.41) is 48.9.